The second-order valence-corrected chi connectivity index (χ2v) is 4.91. The van der Waals surface area contributed by atoms with Crippen molar-refractivity contribution < 1.29 is 4.74 Å². The van der Waals surface area contributed by atoms with Crippen LogP contribution in [0.5, 0.6) is 11.6 Å². The lowest BCUT2D eigenvalue weighted by Crippen LogP contribution is -1.97. The second kappa shape index (κ2) is 5.65. The Labute approximate surface area is 118 Å². The first-order chi connectivity index (χ1) is 8.58. The van der Waals surface area contributed by atoms with Crippen LogP contribution in [0.25, 0.3) is 0 Å². The quantitative estimate of drug-likeness (QED) is 0.688. The fourth-order valence-electron chi connectivity index (χ4n) is 1.23. The number of benzene rings is 1. The van der Waals surface area contributed by atoms with Gasteiger partial charge in [-0.3, -0.25) is 0 Å². The van der Waals surface area contributed by atoms with Gasteiger partial charge in [0.2, 0.25) is 5.88 Å². The Morgan fingerprint density at radius 2 is 2.00 bits per heavy atom. The lowest BCUT2D eigenvalue weighted by molar-refractivity contribution is 0.456. The van der Waals surface area contributed by atoms with Gasteiger partial charge in [-0.05, 0) is 24.5 Å². The fourth-order valence-corrected chi connectivity index (χ4v) is 2.06. The lowest BCUT2D eigenvalue weighted by atomic mass is 10.3. The van der Waals surface area contributed by atoms with E-state index < -0.39 is 0 Å². The molecular formula is C11H9Cl2N3OS. The van der Waals surface area contributed by atoms with Crippen LogP contribution in [-0.2, 0) is 0 Å². The third-order valence-corrected chi connectivity index (χ3v) is 3.07. The number of hydrogen-bond donors (Lipinski definition) is 1. The highest BCUT2D eigenvalue weighted by molar-refractivity contribution is 7.98. The molecule has 0 saturated heterocycles. The molecule has 4 nitrogen and oxygen atoms in total. The van der Waals surface area contributed by atoms with E-state index in [-0.39, 0.29) is 0 Å². The predicted molar refractivity (Wildman–Crippen MR) is 74.8 cm³/mol. The van der Waals surface area contributed by atoms with Gasteiger partial charge in [0, 0.05) is 11.1 Å². The molecule has 2 N–H and O–H groups in total. The molecule has 1 aromatic heterocycles. The number of aromatic nitrogens is 2. The van der Waals surface area contributed by atoms with Gasteiger partial charge in [-0.25, -0.2) is 4.98 Å². The van der Waals surface area contributed by atoms with Gasteiger partial charge in [0.25, 0.3) is 0 Å². The summed E-state index contributed by atoms with van der Waals surface area (Å²) in [5.74, 6) is 1.15. The Bertz CT molecular complexity index is 580. The zero-order valence-corrected chi connectivity index (χ0v) is 11.7. The van der Waals surface area contributed by atoms with Crippen molar-refractivity contribution in [3.8, 4) is 11.6 Å². The van der Waals surface area contributed by atoms with Gasteiger partial charge >= 0.3 is 0 Å². The number of thioether (sulfide) groups is 1. The van der Waals surface area contributed by atoms with Gasteiger partial charge in [-0.15, -0.1) is 0 Å². The highest BCUT2D eigenvalue weighted by Crippen LogP contribution is 2.31. The molecule has 2 aromatic rings. The summed E-state index contributed by atoms with van der Waals surface area (Å²) in [6, 6.07) is 6.48. The van der Waals surface area contributed by atoms with Crippen LogP contribution in [0.2, 0.25) is 10.0 Å². The van der Waals surface area contributed by atoms with E-state index >= 15 is 0 Å². The molecule has 1 heterocycles. The van der Waals surface area contributed by atoms with E-state index in [1.165, 1.54) is 17.8 Å². The summed E-state index contributed by atoms with van der Waals surface area (Å²) >= 11 is 13.2. The maximum atomic E-state index is 6.00. The third kappa shape index (κ3) is 3.19. The number of nitrogens with zero attached hydrogens (tertiary/aromatic N) is 2. The number of nitrogen functional groups attached to an aromatic ring is 1. The van der Waals surface area contributed by atoms with Crippen LogP contribution in [0.4, 0.5) is 5.82 Å². The van der Waals surface area contributed by atoms with Gasteiger partial charge in [-0.1, -0.05) is 35.0 Å². The molecule has 0 aliphatic rings. The molecule has 0 aliphatic carbocycles. The van der Waals surface area contributed by atoms with Crippen LogP contribution in [0.3, 0.4) is 0 Å². The lowest BCUT2D eigenvalue weighted by Gasteiger charge is -2.08. The minimum atomic E-state index is 0.342. The van der Waals surface area contributed by atoms with Gasteiger partial charge in [0.05, 0.1) is 5.02 Å². The first kappa shape index (κ1) is 13.3. The van der Waals surface area contributed by atoms with Crippen LogP contribution in [0.15, 0.2) is 29.4 Å². The standard InChI is InChI=1S/C11H9Cl2N3OS/c1-18-11-15-9(14)5-10(16-11)17-8-3-2-6(12)4-7(8)13/h2-5H,1H3,(H2,14,15,16). The van der Waals surface area contributed by atoms with E-state index in [0.29, 0.717) is 32.6 Å². The van der Waals surface area contributed by atoms with Gasteiger partial charge < -0.3 is 10.5 Å². The number of anilines is 1. The van der Waals surface area contributed by atoms with Crippen molar-refractivity contribution in [2.45, 2.75) is 5.16 Å². The molecule has 7 heteroatoms. The monoisotopic (exact) mass is 301 g/mol. The Morgan fingerprint density at radius 1 is 1.22 bits per heavy atom. The zero-order chi connectivity index (χ0) is 13.1. The van der Waals surface area contributed by atoms with Crippen molar-refractivity contribution in [3.05, 3.63) is 34.3 Å². The molecule has 0 unspecified atom stereocenters. The molecule has 94 valence electrons. The van der Waals surface area contributed by atoms with Crippen molar-refractivity contribution in [3.63, 3.8) is 0 Å². The Balaban J connectivity index is 2.30. The smallest absolute Gasteiger partial charge is 0.225 e. The zero-order valence-electron chi connectivity index (χ0n) is 9.35. The van der Waals surface area contributed by atoms with Crippen LogP contribution in [0, 0.1) is 0 Å². The van der Waals surface area contributed by atoms with E-state index in [0.717, 1.165) is 0 Å². The predicted octanol–water partition coefficient (Wildman–Crippen LogP) is 3.88. The van der Waals surface area contributed by atoms with E-state index in [1.54, 1.807) is 18.2 Å². The SMILES string of the molecule is CSc1nc(N)cc(Oc2ccc(Cl)cc2Cl)n1. The Kier molecular flexibility index (Phi) is 4.16. The molecule has 0 bridgehead atoms. The van der Waals surface area contributed by atoms with Crippen molar-refractivity contribution in [1.29, 1.82) is 0 Å². The Morgan fingerprint density at radius 3 is 2.67 bits per heavy atom. The Hall–Kier alpha value is -1.17. The molecule has 0 aliphatic heterocycles. The number of hydrogen-bond acceptors (Lipinski definition) is 5. The van der Waals surface area contributed by atoms with Crippen LogP contribution >= 0.6 is 35.0 Å². The van der Waals surface area contributed by atoms with Crippen molar-refractivity contribution in [2.75, 3.05) is 12.0 Å². The highest BCUT2D eigenvalue weighted by atomic mass is 35.5. The maximum Gasteiger partial charge on any atom is 0.225 e. The summed E-state index contributed by atoms with van der Waals surface area (Å²) < 4.78 is 5.55. The van der Waals surface area contributed by atoms with Crippen molar-refractivity contribution >= 4 is 40.8 Å². The molecule has 0 amide bonds. The van der Waals surface area contributed by atoms with E-state index in [2.05, 4.69) is 9.97 Å². The summed E-state index contributed by atoms with van der Waals surface area (Å²) in [7, 11) is 0. The van der Waals surface area contributed by atoms with Crippen LogP contribution < -0.4 is 10.5 Å². The second-order valence-electron chi connectivity index (χ2n) is 3.29. The molecule has 18 heavy (non-hydrogen) atoms. The molecule has 0 spiro atoms. The topological polar surface area (TPSA) is 61.0 Å². The highest BCUT2D eigenvalue weighted by Gasteiger charge is 2.07. The minimum absolute atomic E-state index is 0.342. The maximum absolute atomic E-state index is 6.00. The molecule has 0 saturated carbocycles. The summed E-state index contributed by atoms with van der Waals surface area (Å²) in [5.41, 5.74) is 5.65. The number of nitrogens with two attached hydrogens (primary N) is 1. The fraction of sp³-hybridized carbons (Fsp3) is 0.0909. The molecule has 0 fully saturated rings. The molecular weight excluding hydrogens is 293 g/mol. The van der Waals surface area contributed by atoms with Gasteiger partial charge in [0.15, 0.2) is 5.16 Å². The molecule has 0 radical (unpaired) electrons. The van der Waals surface area contributed by atoms with Crippen molar-refractivity contribution in [2.24, 2.45) is 0 Å². The first-order valence-corrected chi connectivity index (χ1v) is 6.88. The first-order valence-electron chi connectivity index (χ1n) is 4.90. The van der Waals surface area contributed by atoms with Crippen LogP contribution in [-0.4, -0.2) is 16.2 Å². The number of ether oxygens (including phenoxy) is 1. The van der Waals surface area contributed by atoms with Crippen molar-refractivity contribution in [1.82, 2.24) is 9.97 Å². The summed E-state index contributed by atoms with van der Waals surface area (Å²) in [6.45, 7) is 0. The third-order valence-electron chi connectivity index (χ3n) is 1.99. The average molecular weight is 302 g/mol. The minimum Gasteiger partial charge on any atom is -0.437 e. The average Bonchev–Trinajstić information content (AvgIpc) is 2.32. The number of halogens is 2. The molecule has 1 aromatic carbocycles. The largest absolute Gasteiger partial charge is 0.437 e. The molecule has 0 atom stereocenters. The van der Waals surface area contributed by atoms with E-state index in [1.807, 2.05) is 6.26 Å². The molecule has 2 rings (SSSR count). The summed E-state index contributed by atoms with van der Waals surface area (Å²) in [5, 5.41) is 1.49. The normalized spacial score (nSPS) is 10.4. The number of rotatable bonds is 3. The van der Waals surface area contributed by atoms with Gasteiger partial charge in [0.1, 0.15) is 11.6 Å². The summed E-state index contributed by atoms with van der Waals surface area (Å²) in [6.07, 6.45) is 1.85. The van der Waals surface area contributed by atoms with E-state index in [9.17, 15) is 0 Å². The van der Waals surface area contributed by atoms with E-state index in [4.69, 9.17) is 33.7 Å². The van der Waals surface area contributed by atoms with Gasteiger partial charge in [-0.2, -0.15) is 4.98 Å². The summed E-state index contributed by atoms with van der Waals surface area (Å²) in [4.78, 5) is 8.19. The van der Waals surface area contributed by atoms with Crippen LogP contribution in [0.1, 0.15) is 0 Å².